The molecule has 3 heteroatoms. The van der Waals surface area contributed by atoms with Crippen LogP contribution in [0.4, 0.5) is 0 Å². The lowest BCUT2D eigenvalue weighted by Gasteiger charge is -2.03. The second-order valence-electron chi connectivity index (χ2n) is 4.20. The topological polar surface area (TPSA) is 37.8 Å². The minimum atomic E-state index is 0.792. The molecule has 1 aromatic heterocycles. The first-order valence-electron chi connectivity index (χ1n) is 5.78. The highest BCUT2D eigenvalue weighted by molar-refractivity contribution is 5.24. The predicted octanol–water partition coefficient (Wildman–Crippen LogP) is 2.10. The fourth-order valence-electron chi connectivity index (χ4n) is 1.66. The fraction of sp³-hybridized carbons (Fsp3) is 0.286. The molecule has 0 aliphatic carbocycles. The van der Waals surface area contributed by atoms with Crippen molar-refractivity contribution in [2.24, 2.45) is 0 Å². The summed E-state index contributed by atoms with van der Waals surface area (Å²) in [6.45, 7) is 2.90. The first-order chi connectivity index (χ1) is 8.28. The van der Waals surface area contributed by atoms with Crippen LogP contribution in [-0.2, 0) is 13.0 Å². The molecular formula is C14H17N3. The van der Waals surface area contributed by atoms with Gasteiger partial charge in [-0.2, -0.15) is 0 Å². The van der Waals surface area contributed by atoms with Gasteiger partial charge in [-0.05, 0) is 19.5 Å². The van der Waals surface area contributed by atoms with Gasteiger partial charge in [-0.25, -0.2) is 9.97 Å². The Hall–Kier alpha value is -1.74. The van der Waals surface area contributed by atoms with Crippen molar-refractivity contribution in [1.82, 2.24) is 15.3 Å². The van der Waals surface area contributed by atoms with E-state index in [1.807, 2.05) is 19.4 Å². The van der Waals surface area contributed by atoms with E-state index < -0.39 is 0 Å². The normalized spacial score (nSPS) is 10.5. The number of nitrogens with one attached hydrogen (secondary N) is 1. The number of benzene rings is 1. The lowest BCUT2D eigenvalue weighted by atomic mass is 10.1. The van der Waals surface area contributed by atoms with Crippen LogP contribution in [0.25, 0.3) is 0 Å². The Labute approximate surface area is 102 Å². The van der Waals surface area contributed by atoms with Gasteiger partial charge in [0.15, 0.2) is 0 Å². The summed E-state index contributed by atoms with van der Waals surface area (Å²) in [5.41, 5.74) is 3.64. The van der Waals surface area contributed by atoms with Crippen molar-refractivity contribution in [3.8, 4) is 0 Å². The molecule has 0 bridgehead atoms. The number of hydrogen-bond acceptors (Lipinski definition) is 3. The Morgan fingerprint density at radius 2 is 1.65 bits per heavy atom. The minimum Gasteiger partial charge on any atom is -0.316 e. The van der Waals surface area contributed by atoms with E-state index in [-0.39, 0.29) is 0 Å². The van der Waals surface area contributed by atoms with E-state index in [1.165, 1.54) is 11.1 Å². The van der Waals surface area contributed by atoms with Crippen LogP contribution in [0.5, 0.6) is 0 Å². The summed E-state index contributed by atoms with van der Waals surface area (Å²) in [7, 11) is 1.92. The molecule has 2 rings (SSSR count). The maximum absolute atomic E-state index is 4.36. The molecule has 0 atom stereocenters. The molecule has 0 aliphatic heterocycles. The van der Waals surface area contributed by atoms with Crippen LogP contribution < -0.4 is 5.32 Å². The van der Waals surface area contributed by atoms with Crippen molar-refractivity contribution in [1.29, 1.82) is 0 Å². The Balaban J connectivity index is 2.05. The van der Waals surface area contributed by atoms with Crippen LogP contribution >= 0.6 is 0 Å². The molecule has 1 aromatic carbocycles. The fourth-order valence-corrected chi connectivity index (χ4v) is 1.66. The summed E-state index contributed by atoms with van der Waals surface area (Å²) < 4.78 is 0. The van der Waals surface area contributed by atoms with Crippen molar-refractivity contribution in [2.45, 2.75) is 19.9 Å². The second kappa shape index (κ2) is 5.55. The van der Waals surface area contributed by atoms with Crippen molar-refractivity contribution in [3.63, 3.8) is 0 Å². The summed E-state index contributed by atoms with van der Waals surface area (Å²) in [5, 5.41) is 3.08. The van der Waals surface area contributed by atoms with Gasteiger partial charge >= 0.3 is 0 Å². The predicted molar refractivity (Wildman–Crippen MR) is 68.8 cm³/mol. The summed E-state index contributed by atoms with van der Waals surface area (Å²) in [4.78, 5) is 8.73. The Kier molecular flexibility index (Phi) is 3.83. The molecule has 0 saturated carbocycles. The van der Waals surface area contributed by atoms with Gasteiger partial charge in [0.05, 0.1) is 0 Å². The van der Waals surface area contributed by atoms with E-state index in [2.05, 4.69) is 46.5 Å². The molecule has 1 N–H and O–H groups in total. The summed E-state index contributed by atoms with van der Waals surface area (Å²) in [6.07, 6.45) is 4.56. The number of rotatable bonds is 4. The molecule has 2 aromatic rings. The summed E-state index contributed by atoms with van der Waals surface area (Å²) >= 11 is 0. The van der Waals surface area contributed by atoms with Crippen LogP contribution in [0.15, 0.2) is 36.7 Å². The second-order valence-corrected chi connectivity index (χ2v) is 4.20. The van der Waals surface area contributed by atoms with Gasteiger partial charge in [-0.15, -0.1) is 0 Å². The van der Waals surface area contributed by atoms with Crippen molar-refractivity contribution in [2.75, 3.05) is 7.05 Å². The summed E-state index contributed by atoms with van der Waals surface area (Å²) in [5.74, 6) is 0.869. The van der Waals surface area contributed by atoms with Gasteiger partial charge in [0.1, 0.15) is 5.82 Å². The molecule has 0 fully saturated rings. The van der Waals surface area contributed by atoms with E-state index in [0.29, 0.717) is 0 Å². The molecule has 3 nitrogen and oxygen atoms in total. The number of aromatic nitrogens is 2. The molecule has 88 valence electrons. The Bertz CT molecular complexity index is 460. The molecule has 0 radical (unpaired) electrons. The standard InChI is InChI=1S/C14H17N3/c1-11-3-5-12(6-4-11)7-14-16-9-13(8-15-2)10-17-14/h3-6,9-10,15H,7-8H2,1-2H3. The quantitative estimate of drug-likeness (QED) is 0.869. The third-order valence-electron chi connectivity index (χ3n) is 2.62. The van der Waals surface area contributed by atoms with Gasteiger partial charge in [0, 0.05) is 30.9 Å². The van der Waals surface area contributed by atoms with Gasteiger partial charge in [0.2, 0.25) is 0 Å². The Morgan fingerprint density at radius 1 is 1.00 bits per heavy atom. The maximum atomic E-state index is 4.36. The maximum Gasteiger partial charge on any atom is 0.132 e. The van der Waals surface area contributed by atoms with Crippen LogP contribution in [0.2, 0.25) is 0 Å². The van der Waals surface area contributed by atoms with Crippen LogP contribution in [-0.4, -0.2) is 17.0 Å². The van der Waals surface area contributed by atoms with E-state index in [0.717, 1.165) is 24.4 Å². The van der Waals surface area contributed by atoms with Gasteiger partial charge in [-0.1, -0.05) is 29.8 Å². The van der Waals surface area contributed by atoms with Crippen molar-refractivity contribution < 1.29 is 0 Å². The van der Waals surface area contributed by atoms with E-state index in [9.17, 15) is 0 Å². The molecule has 0 amide bonds. The molecule has 0 saturated heterocycles. The SMILES string of the molecule is CNCc1cnc(Cc2ccc(C)cc2)nc1. The monoisotopic (exact) mass is 227 g/mol. The molecule has 0 spiro atoms. The minimum absolute atomic E-state index is 0.792. The molecule has 1 heterocycles. The van der Waals surface area contributed by atoms with E-state index in [4.69, 9.17) is 0 Å². The lowest BCUT2D eigenvalue weighted by molar-refractivity contribution is 0.798. The first-order valence-corrected chi connectivity index (χ1v) is 5.78. The number of hydrogen-bond donors (Lipinski definition) is 1. The van der Waals surface area contributed by atoms with E-state index >= 15 is 0 Å². The highest BCUT2D eigenvalue weighted by Gasteiger charge is 1.99. The number of aryl methyl sites for hydroxylation is 1. The first kappa shape index (κ1) is 11.7. The molecule has 0 unspecified atom stereocenters. The zero-order chi connectivity index (χ0) is 12.1. The zero-order valence-electron chi connectivity index (χ0n) is 10.3. The average Bonchev–Trinajstić information content (AvgIpc) is 2.35. The third kappa shape index (κ3) is 3.36. The smallest absolute Gasteiger partial charge is 0.132 e. The highest BCUT2D eigenvalue weighted by atomic mass is 14.9. The summed E-state index contributed by atoms with van der Waals surface area (Å²) in [6, 6.07) is 8.48. The van der Waals surface area contributed by atoms with E-state index in [1.54, 1.807) is 0 Å². The Morgan fingerprint density at radius 3 is 2.24 bits per heavy atom. The molecular weight excluding hydrogens is 210 g/mol. The van der Waals surface area contributed by atoms with Crippen LogP contribution in [0.1, 0.15) is 22.5 Å². The molecule has 17 heavy (non-hydrogen) atoms. The molecule has 0 aliphatic rings. The third-order valence-corrected chi connectivity index (χ3v) is 2.62. The van der Waals surface area contributed by atoms with Crippen LogP contribution in [0.3, 0.4) is 0 Å². The van der Waals surface area contributed by atoms with Gasteiger partial charge in [0.25, 0.3) is 0 Å². The van der Waals surface area contributed by atoms with Gasteiger partial charge in [-0.3, -0.25) is 0 Å². The average molecular weight is 227 g/mol. The van der Waals surface area contributed by atoms with Crippen molar-refractivity contribution in [3.05, 3.63) is 59.2 Å². The van der Waals surface area contributed by atoms with Crippen molar-refractivity contribution >= 4 is 0 Å². The largest absolute Gasteiger partial charge is 0.316 e. The highest BCUT2D eigenvalue weighted by Crippen LogP contribution is 2.07. The number of nitrogens with zero attached hydrogens (tertiary/aromatic N) is 2. The zero-order valence-corrected chi connectivity index (χ0v) is 10.3. The van der Waals surface area contributed by atoms with Gasteiger partial charge < -0.3 is 5.32 Å². The lowest BCUT2D eigenvalue weighted by Crippen LogP contribution is -2.07. The van der Waals surface area contributed by atoms with Crippen LogP contribution in [0, 0.1) is 6.92 Å².